The fourth-order valence-electron chi connectivity index (χ4n) is 2.24. The zero-order valence-corrected chi connectivity index (χ0v) is 15.5. The van der Waals surface area contributed by atoms with E-state index in [9.17, 15) is 0 Å². The minimum atomic E-state index is 0. The van der Waals surface area contributed by atoms with E-state index >= 15 is 0 Å². The Bertz CT molecular complexity index is 589. The summed E-state index contributed by atoms with van der Waals surface area (Å²) in [4.78, 5) is 1.54. The van der Waals surface area contributed by atoms with Gasteiger partial charge in [-0.1, -0.05) is 0 Å². The van der Waals surface area contributed by atoms with Gasteiger partial charge in [0.15, 0.2) is 0 Å². The number of fused-ring (bicyclic) bond motifs is 3. The molecule has 0 amide bonds. The minimum absolute atomic E-state index is 0. The first-order valence-corrected chi connectivity index (χ1v) is 7.34. The van der Waals surface area contributed by atoms with Gasteiger partial charge in [-0.25, -0.2) is 0 Å². The summed E-state index contributed by atoms with van der Waals surface area (Å²) in [7, 11) is 0. The van der Waals surface area contributed by atoms with Crippen LogP contribution < -0.4 is 37.2 Å². The molecule has 3 rings (SSSR count). The van der Waals surface area contributed by atoms with E-state index in [0.717, 1.165) is 0 Å². The maximum Gasteiger partial charge on any atom is -1.00 e. The van der Waals surface area contributed by atoms with Crippen molar-refractivity contribution in [2.75, 3.05) is 0 Å². The molecule has 1 aromatic heterocycles. The predicted octanol–water partition coefficient (Wildman–Crippen LogP) is -4.69. The van der Waals surface area contributed by atoms with Gasteiger partial charge in [-0.3, -0.25) is 0 Å². The van der Waals surface area contributed by atoms with Crippen LogP contribution in [0.2, 0.25) is 0 Å². The molecule has 1 unspecified atom stereocenters. The summed E-state index contributed by atoms with van der Waals surface area (Å²) in [6.45, 7) is 4.56. The molecule has 1 aromatic carbocycles. The largest absolute Gasteiger partial charge is 1.00 e. The number of rotatable bonds is 0. The van der Waals surface area contributed by atoms with Crippen molar-refractivity contribution in [3.05, 3.63) is 40.3 Å². The van der Waals surface area contributed by atoms with E-state index in [1.54, 1.807) is 35.9 Å². The second-order valence-corrected chi connectivity index (χ2v) is 6.55. The molecule has 0 N–H and O–H groups in total. The third kappa shape index (κ3) is 2.60. The smallest absolute Gasteiger partial charge is 1.00 e. The number of thiophene rings is 1. The van der Waals surface area contributed by atoms with E-state index in [4.69, 9.17) is 0 Å². The SMILES string of the molecule is CC1=C(C)[CH]([Zr+3])c2c1sc1ccccc21.[Cl-].[Cl-].[Cl-]. The summed E-state index contributed by atoms with van der Waals surface area (Å²) in [5, 5.41) is 1.48. The van der Waals surface area contributed by atoms with Crippen LogP contribution in [0.3, 0.4) is 0 Å². The molecule has 1 aliphatic rings. The van der Waals surface area contributed by atoms with Gasteiger partial charge in [0.1, 0.15) is 0 Å². The molecule has 1 aliphatic carbocycles. The van der Waals surface area contributed by atoms with Crippen LogP contribution in [-0.4, -0.2) is 0 Å². The minimum Gasteiger partial charge on any atom is -1.00 e. The second kappa shape index (κ2) is 6.91. The fourth-order valence-corrected chi connectivity index (χ4v) is 5.08. The van der Waals surface area contributed by atoms with Crippen molar-refractivity contribution in [3.63, 3.8) is 0 Å². The second-order valence-electron chi connectivity index (χ2n) is 4.08. The van der Waals surface area contributed by atoms with E-state index in [0.29, 0.717) is 3.63 Å². The first-order chi connectivity index (χ1) is 7.20. The van der Waals surface area contributed by atoms with Crippen LogP contribution in [0.25, 0.3) is 15.7 Å². The Hall–Kier alpha value is 0.673. The van der Waals surface area contributed by atoms with Gasteiger partial charge >= 0.3 is 109 Å². The molecule has 0 nitrogen and oxygen atoms in total. The van der Waals surface area contributed by atoms with Crippen LogP contribution in [0.15, 0.2) is 29.8 Å². The van der Waals surface area contributed by atoms with Gasteiger partial charge in [-0.2, -0.15) is 0 Å². The topological polar surface area (TPSA) is 0 Å². The average molecular weight is 397 g/mol. The summed E-state index contributed by atoms with van der Waals surface area (Å²) >= 11 is 3.58. The molecule has 1 atom stereocenters. The Morgan fingerprint density at radius 2 is 1.67 bits per heavy atom. The average Bonchev–Trinajstić information content (AvgIpc) is 2.72. The Morgan fingerprint density at radius 1 is 1.06 bits per heavy atom. The van der Waals surface area contributed by atoms with E-state index in [-0.39, 0.29) is 37.2 Å². The third-order valence-corrected chi connectivity index (χ3v) is 6.37. The van der Waals surface area contributed by atoms with Crippen molar-refractivity contribution in [3.8, 4) is 0 Å². The third-order valence-electron chi connectivity index (χ3n) is 3.29. The van der Waals surface area contributed by atoms with Crippen LogP contribution in [-0.2, 0) is 24.7 Å². The Morgan fingerprint density at radius 3 is 2.33 bits per heavy atom. The number of halogens is 3. The molecular formula is C13H11Cl3SZr. The van der Waals surface area contributed by atoms with E-state index in [1.165, 1.54) is 20.5 Å². The normalized spacial score (nSPS) is 16.8. The van der Waals surface area contributed by atoms with Crippen molar-refractivity contribution in [2.45, 2.75) is 17.5 Å². The van der Waals surface area contributed by atoms with E-state index in [1.807, 2.05) is 11.3 Å². The molecule has 5 heteroatoms. The maximum absolute atomic E-state index is 2.29. The van der Waals surface area contributed by atoms with Crippen LogP contribution >= 0.6 is 11.3 Å². The number of hydrogen-bond donors (Lipinski definition) is 0. The van der Waals surface area contributed by atoms with E-state index < -0.39 is 0 Å². The Balaban J connectivity index is 0.000000963. The van der Waals surface area contributed by atoms with Gasteiger partial charge in [0.05, 0.1) is 0 Å². The van der Waals surface area contributed by atoms with Gasteiger partial charge in [0.2, 0.25) is 0 Å². The summed E-state index contributed by atoms with van der Waals surface area (Å²) in [6, 6.07) is 8.80. The number of hydrogen-bond acceptors (Lipinski definition) is 1. The summed E-state index contributed by atoms with van der Waals surface area (Å²) in [5.41, 5.74) is 4.71. The number of allylic oxidation sites excluding steroid dienone is 2. The fraction of sp³-hybridized carbons (Fsp3) is 0.231. The standard InChI is InChI=1S/C13H11S.3ClH.Zr/c1-8-7-11-10-5-3-4-6-12(10)14-13(11)9(8)2;;;;/h3-7H,1-2H3;3*1H;/q;;;;+3/p-3. The molecule has 0 radical (unpaired) electrons. The zero-order valence-electron chi connectivity index (χ0n) is 9.93. The molecule has 18 heavy (non-hydrogen) atoms. The van der Waals surface area contributed by atoms with Gasteiger partial charge in [-0.15, -0.1) is 0 Å². The molecular weight excluding hydrogens is 386 g/mol. The van der Waals surface area contributed by atoms with Crippen molar-refractivity contribution in [1.29, 1.82) is 0 Å². The summed E-state index contributed by atoms with van der Waals surface area (Å²) < 4.78 is 2.14. The van der Waals surface area contributed by atoms with Crippen LogP contribution in [0.5, 0.6) is 0 Å². The summed E-state index contributed by atoms with van der Waals surface area (Å²) in [5.74, 6) is 0. The summed E-state index contributed by atoms with van der Waals surface area (Å²) in [6.07, 6.45) is 0. The van der Waals surface area contributed by atoms with Crippen molar-refractivity contribution < 1.29 is 61.9 Å². The quantitative estimate of drug-likeness (QED) is 0.420. The molecule has 0 saturated heterocycles. The molecule has 0 fully saturated rings. The van der Waals surface area contributed by atoms with Crippen molar-refractivity contribution in [1.82, 2.24) is 0 Å². The first-order valence-electron chi connectivity index (χ1n) is 5.10. The van der Waals surface area contributed by atoms with Crippen molar-refractivity contribution >= 4 is 27.0 Å². The maximum atomic E-state index is 2.29. The molecule has 0 spiro atoms. The molecule has 0 bridgehead atoms. The van der Waals surface area contributed by atoms with Gasteiger partial charge in [0.25, 0.3) is 0 Å². The van der Waals surface area contributed by atoms with E-state index in [2.05, 4.69) is 38.1 Å². The Kier molecular flexibility index (Phi) is 7.16. The first kappa shape index (κ1) is 18.7. The van der Waals surface area contributed by atoms with Crippen molar-refractivity contribution in [2.24, 2.45) is 0 Å². The molecule has 1 heterocycles. The molecule has 0 aliphatic heterocycles. The van der Waals surface area contributed by atoms with Gasteiger partial charge in [0, 0.05) is 0 Å². The van der Waals surface area contributed by atoms with Gasteiger partial charge in [-0.05, 0) is 0 Å². The van der Waals surface area contributed by atoms with Crippen LogP contribution in [0.4, 0.5) is 0 Å². The predicted molar refractivity (Wildman–Crippen MR) is 62.8 cm³/mol. The zero-order chi connectivity index (χ0) is 10.6. The molecule has 0 saturated carbocycles. The monoisotopic (exact) mass is 394 g/mol. The van der Waals surface area contributed by atoms with Crippen LogP contribution in [0, 0.1) is 0 Å². The van der Waals surface area contributed by atoms with Gasteiger partial charge < -0.3 is 37.2 Å². The molecule has 94 valence electrons. The van der Waals surface area contributed by atoms with Crippen LogP contribution in [0.1, 0.15) is 27.9 Å². The Labute approximate surface area is 145 Å². The number of benzene rings is 1. The molecule has 2 aromatic rings.